The average molecular weight is 439 g/mol. The Bertz CT molecular complexity index is 1160. The van der Waals surface area contributed by atoms with Gasteiger partial charge in [-0.25, -0.2) is 8.42 Å². The van der Waals surface area contributed by atoms with Crippen molar-refractivity contribution in [2.75, 3.05) is 23.3 Å². The van der Waals surface area contributed by atoms with Gasteiger partial charge in [-0.3, -0.25) is 9.10 Å². The normalized spacial score (nSPS) is 11.1. The zero-order chi connectivity index (χ0) is 22.4. The number of carbonyl (C=O) groups is 1. The highest BCUT2D eigenvalue weighted by atomic mass is 32.2. The maximum absolute atomic E-state index is 13.5. The molecule has 0 spiro atoms. The Morgan fingerprint density at radius 1 is 1.00 bits per heavy atom. The lowest BCUT2D eigenvalue weighted by Gasteiger charge is -2.26. The van der Waals surface area contributed by atoms with Gasteiger partial charge in [-0.05, 0) is 54.8 Å². The predicted octanol–water partition coefficient (Wildman–Crippen LogP) is 4.40. The van der Waals surface area contributed by atoms with E-state index in [2.05, 4.69) is 5.32 Å². The van der Waals surface area contributed by atoms with E-state index in [1.54, 1.807) is 36.4 Å². The summed E-state index contributed by atoms with van der Waals surface area (Å²) in [6.45, 7) is 3.46. The Kier molecular flexibility index (Phi) is 6.97. The second kappa shape index (κ2) is 9.66. The molecular weight excluding hydrogens is 412 g/mol. The summed E-state index contributed by atoms with van der Waals surface area (Å²) in [5.74, 6) is -0.0733. The Morgan fingerprint density at radius 3 is 2.35 bits per heavy atom. The summed E-state index contributed by atoms with van der Waals surface area (Å²) in [6.07, 6.45) is 0.744. The third-order valence-electron chi connectivity index (χ3n) is 4.89. The number of methoxy groups -OCH3 is 1. The number of amides is 1. The summed E-state index contributed by atoms with van der Waals surface area (Å²) in [4.78, 5) is 13.1. The molecule has 0 saturated carbocycles. The largest absolute Gasteiger partial charge is 0.495 e. The molecule has 0 aliphatic rings. The Labute approximate surface area is 183 Å². The van der Waals surface area contributed by atoms with Crippen LogP contribution < -0.4 is 14.4 Å². The SMILES string of the molecule is CCc1ccccc1NC(=O)CN(c1cc(C)ccc1OC)S(=O)(=O)c1ccccc1. The fourth-order valence-corrected chi connectivity index (χ4v) is 4.73. The number of carbonyl (C=O) groups excluding carboxylic acids is 1. The number of nitrogens with one attached hydrogen (secondary N) is 1. The average Bonchev–Trinajstić information content (AvgIpc) is 2.78. The molecule has 162 valence electrons. The number of rotatable bonds is 8. The Balaban J connectivity index is 2.03. The van der Waals surface area contributed by atoms with E-state index < -0.39 is 22.5 Å². The van der Waals surface area contributed by atoms with Crippen molar-refractivity contribution in [2.45, 2.75) is 25.2 Å². The van der Waals surface area contributed by atoms with Gasteiger partial charge in [0.25, 0.3) is 10.0 Å². The van der Waals surface area contributed by atoms with Crippen molar-refractivity contribution < 1.29 is 17.9 Å². The van der Waals surface area contributed by atoms with Gasteiger partial charge in [0.15, 0.2) is 0 Å². The fraction of sp³-hybridized carbons (Fsp3) is 0.208. The van der Waals surface area contributed by atoms with Crippen LogP contribution in [0.2, 0.25) is 0 Å². The highest BCUT2D eigenvalue weighted by Crippen LogP contribution is 2.33. The third-order valence-corrected chi connectivity index (χ3v) is 6.67. The van der Waals surface area contributed by atoms with Crippen molar-refractivity contribution in [3.05, 3.63) is 83.9 Å². The second-order valence-corrected chi connectivity index (χ2v) is 8.92. The van der Waals surface area contributed by atoms with E-state index in [1.165, 1.54) is 19.2 Å². The zero-order valence-electron chi connectivity index (χ0n) is 17.8. The topological polar surface area (TPSA) is 75.7 Å². The van der Waals surface area contributed by atoms with Gasteiger partial charge in [-0.2, -0.15) is 0 Å². The quantitative estimate of drug-likeness (QED) is 0.566. The van der Waals surface area contributed by atoms with Gasteiger partial charge in [0.2, 0.25) is 5.91 Å². The number of sulfonamides is 1. The standard InChI is InChI=1S/C24H26N2O4S/c1-4-19-10-8-9-13-21(19)25-24(27)17-26(22-16-18(2)14-15-23(22)30-3)31(28,29)20-11-6-5-7-12-20/h5-16H,4,17H2,1-3H3,(H,25,27). The van der Waals surface area contributed by atoms with Gasteiger partial charge < -0.3 is 10.1 Å². The number of aryl methyl sites for hydroxylation is 2. The number of nitrogens with zero attached hydrogens (tertiary/aromatic N) is 1. The fourth-order valence-electron chi connectivity index (χ4n) is 3.28. The molecule has 1 N–H and O–H groups in total. The lowest BCUT2D eigenvalue weighted by molar-refractivity contribution is -0.114. The molecule has 3 aromatic rings. The molecule has 0 saturated heterocycles. The molecule has 3 rings (SSSR count). The van der Waals surface area contributed by atoms with E-state index in [9.17, 15) is 13.2 Å². The van der Waals surface area contributed by atoms with Crippen LogP contribution in [-0.4, -0.2) is 28.0 Å². The Hall–Kier alpha value is -3.32. The van der Waals surface area contributed by atoms with E-state index in [4.69, 9.17) is 4.74 Å². The lowest BCUT2D eigenvalue weighted by Crippen LogP contribution is -2.38. The van der Waals surface area contributed by atoms with Crippen LogP contribution in [0.3, 0.4) is 0 Å². The molecule has 0 fully saturated rings. The minimum Gasteiger partial charge on any atom is -0.495 e. The molecule has 0 unspecified atom stereocenters. The number of benzene rings is 3. The van der Waals surface area contributed by atoms with Gasteiger partial charge >= 0.3 is 0 Å². The minimum atomic E-state index is -4.01. The predicted molar refractivity (Wildman–Crippen MR) is 123 cm³/mol. The maximum atomic E-state index is 13.5. The van der Waals surface area contributed by atoms with Crippen LogP contribution in [-0.2, 0) is 21.2 Å². The van der Waals surface area contributed by atoms with Gasteiger partial charge in [-0.15, -0.1) is 0 Å². The first-order chi connectivity index (χ1) is 14.9. The number of hydrogen-bond donors (Lipinski definition) is 1. The van der Waals surface area contributed by atoms with E-state index >= 15 is 0 Å². The van der Waals surface area contributed by atoms with E-state index in [-0.39, 0.29) is 4.90 Å². The molecule has 3 aromatic carbocycles. The molecule has 0 aliphatic heterocycles. The van der Waals surface area contributed by atoms with E-state index in [0.29, 0.717) is 17.1 Å². The van der Waals surface area contributed by atoms with Crippen molar-refractivity contribution >= 4 is 27.3 Å². The summed E-state index contributed by atoms with van der Waals surface area (Å²) in [7, 11) is -2.54. The molecule has 1 amide bonds. The molecule has 6 nitrogen and oxygen atoms in total. The number of para-hydroxylation sites is 1. The molecule has 0 atom stereocenters. The second-order valence-electron chi connectivity index (χ2n) is 7.06. The van der Waals surface area contributed by atoms with Gasteiger partial charge in [0.1, 0.15) is 12.3 Å². The van der Waals surface area contributed by atoms with Crippen molar-refractivity contribution in [3.8, 4) is 5.75 Å². The summed E-state index contributed by atoms with van der Waals surface area (Å²) in [5.41, 5.74) is 2.80. The zero-order valence-corrected chi connectivity index (χ0v) is 18.6. The van der Waals surface area contributed by atoms with Crippen LogP contribution in [0, 0.1) is 6.92 Å². The lowest BCUT2D eigenvalue weighted by atomic mass is 10.1. The first-order valence-corrected chi connectivity index (χ1v) is 11.4. The minimum absolute atomic E-state index is 0.0975. The molecule has 0 bridgehead atoms. The first-order valence-electron chi connectivity index (χ1n) is 9.97. The molecule has 7 heteroatoms. The van der Waals surface area contributed by atoms with Crippen LogP contribution >= 0.6 is 0 Å². The summed E-state index contributed by atoms with van der Waals surface area (Å²) in [6, 6.07) is 20.7. The van der Waals surface area contributed by atoms with Crippen LogP contribution in [0.15, 0.2) is 77.7 Å². The van der Waals surface area contributed by atoms with Crippen molar-refractivity contribution in [2.24, 2.45) is 0 Å². The first kappa shape index (κ1) is 22.4. The highest BCUT2D eigenvalue weighted by Gasteiger charge is 2.29. The van der Waals surface area contributed by atoms with Crippen LogP contribution in [0.5, 0.6) is 5.75 Å². The van der Waals surface area contributed by atoms with Crippen molar-refractivity contribution in [3.63, 3.8) is 0 Å². The smallest absolute Gasteiger partial charge is 0.264 e. The molecule has 0 radical (unpaired) electrons. The summed E-state index contributed by atoms with van der Waals surface area (Å²) < 4.78 is 33.5. The van der Waals surface area contributed by atoms with Crippen molar-refractivity contribution in [1.29, 1.82) is 0 Å². The Morgan fingerprint density at radius 2 is 1.68 bits per heavy atom. The van der Waals surface area contributed by atoms with Crippen LogP contribution in [0.1, 0.15) is 18.1 Å². The summed E-state index contributed by atoms with van der Waals surface area (Å²) >= 11 is 0. The number of hydrogen-bond acceptors (Lipinski definition) is 4. The molecular formula is C24H26N2O4S. The third kappa shape index (κ3) is 5.06. The highest BCUT2D eigenvalue weighted by molar-refractivity contribution is 7.92. The van der Waals surface area contributed by atoms with Crippen molar-refractivity contribution in [1.82, 2.24) is 0 Å². The maximum Gasteiger partial charge on any atom is 0.264 e. The van der Waals surface area contributed by atoms with E-state index in [1.807, 2.05) is 38.1 Å². The molecule has 0 aliphatic carbocycles. The number of ether oxygens (including phenoxy) is 1. The van der Waals surface area contributed by atoms with Crippen LogP contribution in [0.4, 0.5) is 11.4 Å². The van der Waals surface area contributed by atoms with Crippen LogP contribution in [0.25, 0.3) is 0 Å². The van der Waals surface area contributed by atoms with Gasteiger partial charge in [0, 0.05) is 5.69 Å². The van der Waals surface area contributed by atoms with E-state index in [0.717, 1.165) is 21.9 Å². The summed E-state index contributed by atoms with van der Waals surface area (Å²) in [5, 5.41) is 2.85. The number of anilines is 2. The van der Waals surface area contributed by atoms with Gasteiger partial charge in [-0.1, -0.05) is 49.4 Å². The molecule has 31 heavy (non-hydrogen) atoms. The monoisotopic (exact) mass is 438 g/mol. The molecule has 0 aromatic heterocycles. The van der Waals surface area contributed by atoms with Gasteiger partial charge in [0.05, 0.1) is 17.7 Å². The molecule has 0 heterocycles.